The Bertz CT molecular complexity index is 266. The van der Waals surface area contributed by atoms with Crippen molar-refractivity contribution in [2.75, 3.05) is 26.7 Å². The molecule has 2 rings (SSSR count). The van der Waals surface area contributed by atoms with E-state index in [2.05, 4.69) is 21.9 Å². The summed E-state index contributed by atoms with van der Waals surface area (Å²) in [6.07, 6.45) is 4.99. The molecule has 1 saturated heterocycles. The molecule has 0 aromatic rings. The van der Waals surface area contributed by atoms with Crippen LogP contribution in [0.5, 0.6) is 0 Å². The third kappa shape index (κ3) is 3.87. The van der Waals surface area contributed by atoms with E-state index in [9.17, 15) is 4.79 Å². The molecule has 4 heteroatoms. The molecule has 0 bridgehead atoms. The second-order valence-corrected chi connectivity index (χ2v) is 5.47. The van der Waals surface area contributed by atoms with Gasteiger partial charge in [0.2, 0.25) is 0 Å². The fraction of sp³-hybridized carbons (Fsp3) is 0.923. The number of amides is 1. The minimum absolute atomic E-state index is 0.264. The van der Waals surface area contributed by atoms with Crippen LogP contribution in [0.4, 0.5) is 4.79 Å². The Morgan fingerprint density at radius 2 is 2.12 bits per heavy atom. The van der Waals surface area contributed by atoms with E-state index in [1.54, 1.807) is 0 Å². The summed E-state index contributed by atoms with van der Waals surface area (Å²) in [5.74, 6) is 1.72. The van der Waals surface area contributed by atoms with Gasteiger partial charge >= 0.3 is 6.09 Å². The van der Waals surface area contributed by atoms with E-state index in [1.165, 1.54) is 32.9 Å². The van der Waals surface area contributed by atoms with Crippen molar-refractivity contribution in [3.63, 3.8) is 0 Å². The van der Waals surface area contributed by atoms with Gasteiger partial charge in [0.05, 0.1) is 7.11 Å². The van der Waals surface area contributed by atoms with Crippen molar-refractivity contribution < 1.29 is 9.53 Å². The quantitative estimate of drug-likeness (QED) is 0.815. The summed E-state index contributed by atoms with van der Waals surface area (Å²) < 4.78 is 4.68. The van der Waals surface area contributed by atoms with Crippen LogP contribution in [-0.4, -0.2) is 43.8 Å². The molecular weight excluding hydrogens is 216 g/mol. The number of hydrogen-bond acceptors (Lipinski definition) is 3. The van der Waals surface area contributed by atoms with Crippen molar-refractivity contribution in [3.8, 4) is 0 Å². The van der Waals surface area contributed by atoms with E-state index < -0.39 is 0 Å². The predicted molar refractivity (Wildman–Crippen MR) is 66.9 cm³/mol. The van der Waals surface area contributed by atoms with Gasteiger partial charge in [0.25, 0.3) is 0 Å². The van der Waals surface area contributed by atoms with Crippen molar-refractivity contribution in [3.05, 3.63) is 0 Å². The SMILES string of the molecule is CCN1CC(CC2CC2)CC(NC(=O)OC)C1. The number of likely N-dealkylation sites (N-methyl/N-ethyl adjacent to an activating group) is 1. The van der Waals surface area contributed by atoms with Crippen molar-refractivity contribution in [2.45, 2.75) is 38.6 Å². The van der Waals surface area contributed by atoms with Gasteiger partial charge in [0, 0.05) is 19.1 Å². The molecule has 17 heavy (non-hydrogen) atoms. The first-order valence-corrected chi connectivity index (χ1v) is 6.78. The normalized spacial score (nSPS) is 30.0. The van der Waals surface area contributed by atoms with E-state index >= 15 is 0 Å². The summed E-state index contributed by atoms with van der Waals surface area (Å²) in [5.41, 5.74) is 0. The van der Waals surface area contributed by atoms with Gasteiger partial charge in [0.1, 0.15) is 0 Å². The summed E-state index contributed by atoms with van der Waals surface area (Å²) in [5, 5.41) is 2.95. The molecule has 1 N–H and O–H groups in total. The topological polar surface area (TPSA) is 41.6 Å². The standard InChI is InChI=1S/C13H24N2O2/c1-3-15-8-11(6-10-4-5-10)7-12(9-15)14-13(16)17-2/h10-12H,3-9H2,1-2H3,(H,14,16). The first-order chi connectivity index (χ1) is 8.21. The van der Waals surface area contributed by atoms with Crippen LogP contribution in [0.1, 0.15) is 32.6 Å². The Balaban J connectivity index is 1.84. The maximum absolute atomic E-state index is 11.3. The van der Waals surface area contributed by atoms with Gasteiger partial charge in [-0.3, -0.25) is 0 Å². The van der Waals surface area contributed by atoms with E-state index in [4.69, 9.17) is 0 Å². The van der Waals surface area contributed by atoms with E-state index in [0.717, 1.165) is 31.3 Å². The summed E-state index contributed by atoms with van der Waals surface area (Å²) >= 11 is 0. The van der Waals surface area contributed by atoms with Crippen LogP contribution >= 0.6 is 0 Å². The summed E-state index contributed by atoms with van der Waals surface area (Å²) in [6.45, 7) is 5.42. The molecule has 2 aliphatic rings. The zero-order valence-electron chi connectivity index (χ0n) is 10.9. The van der Waals surface area contributed by atoms with Crippen LogP contribution in [0.2, 0.25) is 0 Å². The molecular formula is C13H24N2O2. The Morgan fingerprint density at radius 1 is 1.35 bits per heavy atom. The molecule has 1 heterocycles. The van der Waals surface area contributed by atoms with Crippen LogP contribution in [0.3, 0.4) is 0 Å². The van der Waals surface area contributed by atoms with Crippen LogP contribution in [0.25, 0.3) is 0 Å². The van der Waals surface area contributed by atoms with E-state index in [1.807, 2.05) is 0 Å². The molecule has 4 nitrogen and oxygen atoms in total. The van der Waals surface area contributed by atoms with Crippen molar-refractivity contribution in [1.82, 2.24) is 10.2 Å². The number of carbonyl (C=O) groups is 1. The largest absolute Gasteiger partial charge is 0.453 e. The van der Waals surface area contributed by atoms with Gasteiger partial charge in [-0.05, 0) is 31.2 Å². The first-order valence-electron chi connectivity index (χ1n) is 6.78. The highest BCUT2D eigenvalue weighted by molar-refractivity contribution is 5.67. The maximum atomic E-state index is 11.3. The lowest BCUT2D eigenvalue weighted by Gasteiger charge is -2.37. The summed E-state index contributed by atoms with van der Waals surface area (Å²) in [7, 11) is 1.43. The van der Waals surface area contributed by atoms with Crippen LogP contribution < -0.4 is 5.32 Å². The van der Waals surface area contributed by atoms with E-state index in [-0.39, 0.29) is 12.1 Å². The maximum Gasteiger partial charge on any atom is 0.407 e. The number of hydrogen-bond donors (Lipinski definition) is 1. The Labute approximate surface area is 104 Å². The fourth-order valence-electron chi connectivity index (χ4n) is 2.89. The average Bonchev–Trinajstić information content (AvgIpc) is 3.12. The highest BCUT2D eigenvalue weighted by atomic mass is 16.5. The molecule has 0 spiro atoms. The Hall–Kier alpha value is -0.770. The number of likely N-dealkylation sites (tertiary alicyclic amines) is 1. The molecule has 2 atom stereocenters. The van der Waals surface area contributed by atoms with Gasteiger partial charge in [-0.1, -0.05) is 19.8 Å². The zero-order valence-corrected chi connectivity index (χ0v) is 10.9. The highest BCUT2D eigenvalue weighted by Crippen LogP contribution is 2.37. The molecule has 1 aliphatic carbocycles. The van der Waals surface area contributed by atoms with Crippen molar-refractivity contribution >= 4 is 6.09 Å². The van der Waals surface area contributed by atoms with Gasteiger partial charge in [-0.15, -0.1) is 0 Å². The van der Waals surface area contributed by atoms with Gasteiger partial charge in [-0.2, -0.15) is 0 Å². The second-order valence-electron chi connectivity index (χ2n) is 5.47. The van der Waals surface area contributed by atoms with Crippen LogP contribution in [0, 0.1) is 11.8 Å². The summed E-state index contributed by atoms with van der Waals surface area (Å²) in [6, 6.07) is 0.264. The third-order valence-corrected chi connectivity index (χ3v) is 3.93. The van der Waals surface area contributed by atoms with Gasteiger partial charge in [0.15, 0.2) is 0 Å². The Kier molecular flexibility index (Phi) is 4.26. The van der Waals surface area contributed by atoms with E-state index in [0.29, 0.717) is 0 Å². The number of nitrogens with one attached hydrogen (secondary N) is 1. The lowest BCUT2D eigenvalue weighted by molar-refractivity contribution is 0.123. The lowest BCUT2D eigenvalue weighted by Crippen LogP contribution is -2.50. The molecule has 0 radical (unpaired) electrons. The first kappa shape index (κ1) is 12.7. The molecule has 2 fully saturated rings. The second kappa shape index (κ2) is 5.71. The number of rotatable bonds is 4. The molecule has 0 aromatic heterocycles. The lowest BCUT2D eigenvalue weighted by atomic mass is 9.90. The van der Waals surface area contributed by atoms with Crippen LogP contribution in [0.15, 0.2) is 0 Å². The molecule has 2 unspecified atom stereocenters. The molecule has 0 aromatic carbocycles. The van der Waals surface area contributed by atoms with Crippen LogP contribution in [-0.2, 0) is 4.74 Å². The number of ether oxygens (including phenoxy) is 1. The predicted octanol–water partition coefficient (Wildman–Crippen LogP) is 1.85. The molecule has 1 saturated carbocycles. The number of methoxy groups -OCH3 is 1. The number of piperidine rings is 1. The fourth-order valence-corrected chi connectivity index (χ4v) is 2.89. The number of carbonyl (C=O) groups excluding carboxylic acids is 1. The minimum Gasteiger partial charge on any atom is -0.453 e. The van der Waals surface area contributed by atoms with Gasteiger partial charge in [-0.25, -0.2) is 4.79 Å². The van der Waals surface area contributed by atoms with Gasteiger partial charge < -0.3 is 15.0 Å². The average molecular weight is 240 g/mol. The monoisotopic (exact) mass is 240 g/mol. The number of alkyl carbamates (subject to hydrolysis) is 1. The highest BCUT2D eigenvalue weighted by Gasteiger charge is 2.32. The Morgan fingerprint density at radius 3 is 2.71 bits per heavy atom. The van der Waals surface area contributed by atoms with Crippen molar-refractivity contribution in [2.24, 2.45) is 11.8 Å². The molecule has 1 aliphatic heterocycles. The van der Waals surface area contributed by atoms with Crippen molar-refractivity contribution in [1.29, 1.82) is 0 Å². The molecule has 1 amide bonds. The smallest absolute Gasteiger partial charge is 0.407 e. The minimum atomic E-state index is -0.293. The molecule has 98 valence electrons. The summed E-state index contributed by atoms with van der Waals surface area (Å²) in [4.78, 5) is 13.7. The number of nitrogens with zero attached hydrogens (tertiary/aromatic N) is 1. The third-order valence-electron chi connectivity index (χ3n) is 3.93. The zero-order chi connectivity index (χ0) is 12.3.